The zero-order chi connectivity index (χ0) is 86.9. The number of rotatable bonds is 10. The van der Waals surface area contributed by atoms with Gasteiger partial charge in [-0.1, -0.05) is 315 Å². The molecule has 616 valence electrons. The lowest BCUT2D eigenvalue weighted by molar-refractivity contribution is 1.17. The van der Waals surface area contributed by atoms with Crippen LogP contribution in [0.4, 0.5) is 0 Å². The van der Waals surface area contributed by atoms with E-state index in [1.165, 1.54) is 88.1 Å². The summed E-state index contributed by atoms with van der Waals surface area (Å²) in [5.41, 5.74) is 37.7. The van der Waals surface area contributed by atoms with Crippen molar-refractivity contribution in [3.05, 3.63) is 473 Å². The molecule has 0 N–H and O–H groups in total. The molecule has 0 bridgehead atoms. The molecule has 10 aromatic heterocycles. The Bertz CT molecular complexity index is 9420. The first-order valence-corrected chi connectivity index (χ1v) is 44.9. The summed E-state index contributed by atoms with van der Waals surface area (Å²) in [4.78, 5) is 21.4. The predicted molar refractivity (Wildman–Crippen MR) is 551 cm³/mol. The Labute approximate surface area is 758 Å². The van der Waals surface area contributed by atoms with Crippen LogP contribution in [0.25, 0.3) is 243 Å². The molecule has 0 amide bonds. The maximum atomic E-state index is 5.35. The zero-order valence-electron chi connectivity index (χ0n) is 71.5. The summed E-state index contributed by atoms with van der Waals surface area (Å²) in [6.07, 6.45) is 0. The highest BCUT2D eigenvalue weighted by molar-refractivity contribution is 6.20. The third kappa shape index (κ3) is 12.6. The molecule has 0 unspecified atom stereocenters. The summed E-state index contributed by atoms with van der Waals surface area (Å²) in [6, 6.07) is 168. The summed E-state index contributed by atoms with van der Waals surface area (Å²) < 4.78 is 14.1. The van der Waals surface area contributed by atoms with Crippen molar-refractivity contribution >= 4 is 164 Å². The Kier molecular flexibility index (Phi) is 17.7. The molecular weight excluding hydrogens is 1610 g/mol. The number of hydrogen-bond acceptors (Lipinski definition) is 4. The molecule has 0 radical (unpaired) electrons. The Morgan fingerprint density at radius 3 is 0.674 bits per heavy atom. The Hall–Kier alpha value is -17.9. The number of benzene rings is 18. The van der Waals surface area contributed by atoms with Crippen LogP contribution >= 0.6 is 0 Å². The second-order valence-electron chi connectivity index (χ2n) is 34.0. The number of pyridine rings is 4. The molecule has 0 aliphatic rings. The first-order chi connectivity index (χ1) is 65.5. The number of nitrogens with zero attached hydrogens (tertiary/aromatic N) is 10. The summed E-state index contributed by atoms with van der Waals surface area (Å²) >= 11 is 0. The summed E-state index contributed by atoms with van der Waals surface area (Å²) in [7, 11) is 0. The largest absolute Gasteiger partial charge is 0.309 e. The molecule has 10 nitrogen and oxygen atoms in total. The van der Waals surface area contributed by atoms with Crippen LogP contribution in [0.5, 0.6) is 0 Å². The second-order valence-corrected chi connectivity index (χ2v) is 34.0. The minimum Gasteiger partial charge on any atom is -0.309 e. The van der Waals surface area contributed by atoms with Gasteiger partial charge in [-0.05, 0) is 202 Å². The van der Waals surface area contributed by atoms with Crippen LogP contribution < -0.4 is 0 Å². The van der Waals surface area contributed by atoms with Gasteiger partial charge in [0.1, 0.15) is 0 Å². The van der Waals surface area contributed by atoms with E-state index in [4.69, 9.17) is 19.9 Å². The smallest absolute Gasteiger partial charge is 0.0972 e. The Balaban J connectivity index is 0.000000104. The normalized spacial score (nSPS) is 11.8. The van der Waals surface area contributed by atoms with Crippen LogP contribution in [-0.2, 0) is 0 Å². The lowest BCUT2D eigenvalue weighted by atomic mass is 10.1. The predicted octanol–water partition coefficient (Wildman–Crippen LogP) is 31.4. The summed E-state index contributed by atoms with van der Waals surface area (Å²) in [6.45, 7) is 0. The van der Waals surface area contributed by atoms with E-state index in [0.29, 0.717) is 0 Å². The van der Waals surface area contributed by atoms with Crippen LogP contribution in [0.2, 0.25) is 0 Å². The molecule has 0 saturated carbocycles. The van der Waals surface area contributed by atoms with Gasteiger partial charge in [-0.3, -0.25) is 0 Å². The number of aromatic nitrogens is 10. The van der Waals surface area contributed by atoms with Gasteiger partial charge < -0.3 is 27.4 Å². The Morgan fingerprint density at radius 1 is 0.121 bits per heavy atom. The molecule has 28 rings (SSSR count). The standard InChI is InChI=1S/C44H28N4.2C39H25N3/c1-3-12-29(13-4-1)31-22-24-33(25-23-31)47-39-20-9-7-18-35(39)43-41(47)27-37-38(45-43)28-42-44(46-37)36-19-8-10-21-40(36)48(42)34-17-11-16-32(26-34)30-14-5-2-6-15-30;1-3-12-26(13-4-1)27-14-11-17-30(22-27)42-36-21-10-8-19-32(36)39-38(42)24-28-23-33-31-18-7-9-20-35(31)41(29-15-5-2-6-16-29)37(33)25-34(28)40-39;1-3-11-26(12-4-1)27-19-21-30(22-20-27)42-36-18-10-8-16-32(36)39-38(42)24-28-23-33-31-15-7-9-17-35(31)41(29-13-5-2-6-14-29)37(33)25-34(28)40-39/h1-28H;2*1-25H. The fraction of sp³-hybridized carbons (Fsp3) is 0. The van der Waals surface area contributed by atoms with Gasteiger partial charge in [0.05, 0.1) is 110 Å². The van der Waals surface area contributed by atoms with E-state index in [9.17, 15) is 0 Å². The fourth-order valence-electron chi connectivity index (χ4n) is 20.4. The SMILES string of the molecule is c1ccc(-c2ccc(-n3c4ccccc4c4nc5cc6c(cc5cc43)c3ccccc3n6-c3ccccc3)cc2)cc1.c1ccc(-c2ccc(-n3c4ccccc4c4nc5cc6c(nc5cc43)c3ccccc3n6-c3cccc(-c4ccccc4)c3)cc2)cc1.c1ccc(-c2cccc(-n3c4ccccc4c4nc5cc6c(cc5cc43)c3ccccc3n6-c3ccccc3)c2)cc1. The molecule has 28 aromatic rings. The maximum Gasteiger partial charge on any atom is 0.0972 e. The van der Waals surface area contributed by atoms with Gasteiger partial charge in [-0.15, -0.1) is 0 Å². The molecule has 18 aromatic carbocycles. The van der Waals surface area contributed by atoms with Crippen molar-refractivity contribution in [3.63, 3.8) is 0 Å². The lowest BCUT2D eigenvalue weighted by Crippen LogP contribution is -1.96. The highest BCUT2D eigenvalue weighted by atomic mass is 15.0. The van der Waals surface area contributed by atoms with Gasteiger partial charge >= 0.3 is 0 Å². The minimum atomic E-state index is 0.876. The average Bonchev–Trinajstić information content (AvgIpc) is 1.57. The fourth-order valence-corrected chi connectivity index (χ4v) is 20.4. The van der Waals surface area contributed by atoms with Gasteiger partial charge in [0, 0.05) is 88.0 Å². The molecule has 0 aliphatic carbocycles. The second kappa shape index (κ2) is 31.0. The van der Waals surface area contributed by atoms with E-state index in [1.54, 1.807) is 0 Å². The number of fused-ring (bicyclic) bond motifs is 21. The quantitative estimate of drug-likeness (QED) is 0.137. The molecule has 0 spiro atoms. The van der Waals surface area contributed by atoms with E-state index in [-0.39, 0.29) is 0 Å². The average molecular weight is 1680 g/mol. The van der Waals surface area contributed by atoms with E-state index in [0.717, 1.165) is 155 Å². The zero-order valence-corrected chi connectivity index (χ0v) is 71.5. The Morgan fingerprint density at radius 2 is 0.341 bits per heavy atom. The van der Waals surface area contributed by atoms with E-state index in [1.807, 2.05) is 0 Å². The molecule has 132 heavy (non-hydrogen) atoms. The van der Waals surface area contributed by atoms with Gasteiger partial charge in [-0.25, -0.2) is 19.9 Å². The number of para-hydroxylation sites is 8. The van der Waals surface area contributed by atoms with Crippen LogP contribution in [0.15, 0.2) is 473 Å². The molecule has 0 saturated heterocycles. The third-order valence-corrected chi connectivity index (χ3v) is 26.4. The first-order valence-electron chi connectivity index (χ1n) is 44.9. The number of hydrogen-bond donors (Lipinski definition) is 0. The third-order valence-electron chi connectivity index (χ3n) is 26.4. The van der Waals surface area contributed by atoms with Crippen molar-refractivity contribution in [2.24, 2.45) is 0 Å². The van der Waals surface area contributed by atoms with E-state index < -0.39 is 0 Å². The monoisotopic (exact) mass is 1680 g/mol. The first kappa shape index (κ1) is 75.5. The van der Waals surface area contributed by atoms with Gasteiger partial charge in [0.2, 0.25) is 0 Å². The molecule has 0 aliphatic heterocycles. The summed E-state index contributed by atoms with van der Waals surface area (Å²) in [5, 5.41) is 11.8. The maximum absolute atomic E-state index is 5.35. The van der Waals surface area contributed by atoms with Crippen molar-refractivity contribution in [1.82, 2.24) is 47.3 Å². The molecule has 10 heteroatoms. The molecule has 10 heterocycles. The van der Waals surface area contributed by atoms with Crippen molar-refractivity contribution in [2.45, 2.75) is 0 Å². The van der Waals surface area contributed by atoms with Gasteiger partial charge in [0.15, 0.2) is 0 Å². The highest BCUT2D eigenvalue weighted by Crippen LogP contribution is 2.44. The lowest BCUT2D eigenvalue weighted by Gasteiger charge is -2.11. The molecule has 0 atom stereocenters. The van der Waals surface area contributed by atoms with Crippen LogP contribution in [0.1, 0.15) is 0 Å². The van der Waals surface area contributed by atoms with Gasteiger partial charge in [0.25, 0.3) is 0 Å². The van der Waals surface area contributed by atoms with Crippen molar-refractivity contribution in [3.8, 4) is 78.6 Å². The summed E-state index contributed by atoms with van der Waals surface area (Å²) in [5.74, 6) is 0. The van der Waals surface area contributed by atoms with E-state index >= 15 is 0 Å². The van der Waals surface area contributed by atoms with Crippen molar-refractivity contribution < 1.29 is 0 Å². The van der Waals surface area contributed by atoms with Crippen LogP contribution in [-0.4, -0.2) is 47.3 Å². The van der Waals surface area contributed by atoms with Gasteiger partial charge in [-0.2, -0.15) is 0 Å². The van der Waals surface area contributed by atoms with E-state index in [2.05, 4.69) is 501 Å². The molecule has 0 fully saturated rings. The highest BCUT2D eigenvalue weighted by Gasteiger charge is 2.25. The van der Waals surface area contributed by atoms with Crippen LogP contribution in [0.3, 0.4) is 0 Å². The minimum absolute atomic E-state index is 0.876. The van der Waals surface area contributed by atoms with Crippen molar-refractivity contribution in [1.29, 1.82) is 0 Å². The van der Waals surface area contributed by atoms with Crippen LogP contribution in [0, 0.1) is 0 Å². The van der Waals surface area contributed by atoms with Crippen molar-refractivity contribution in [2.75, 3.05) is 0 Å². The topological polar surface area (TPSA) is 81.1 Å². The molecular formula is C122H78N10.